The third-order valence-corrected chi connectivity index (χ3v) is 2.14. The Hall–Kier alpha value is -2.00. The molecule has 106 valence electrons. The third kappa shape index (κ3) is 3.06. The van der Waals surface area contributed by atoms with Gasteiger partial charge in [0.2, 0.25) is 0 Å². The fraction of sp³-hybridized carbons (Fsp3) is 0.333. The van der Waals surface area contributed by atoms with Gasteiger partial charge in [-0.05, 0) is 6.07 Å². The van der Waals surface area contributed by atoms with E-state index in [2.05, 4.69) is 0 Å². The minimum Gasteiger partial charge on any atom is -0.235 e. The van der Waals surface area contributed by atoms with Crippen LogP contribution in [0.2, 0.25) is 0 Å². The molecular formula is C9H6F6N2O2. The van der Waals surface area contributed by atoms with Gasteiger partial charge in [-0.2, -0.15) is 22.0 Å². The SMILES string of the molecule is O=[N+]([O-])Nc1ccccc1C(F)C(F)(F)C(F)(F)F. The second-order valence-electron chi connectivity index (χ2n) is 3.44. The summed E-state index contributed by atoms with van der Waals surface area (Å²) in [4.78, 5) is 10.2. The molecule has 0 aliphatic carbocycles. The van der Waals surface area contributed by atoms with Crippen molar-refractivity contribution in [3.63, 3.8) is 0 Å². The summed E-state index contributed by atoms with van der Waals surface area (Å²) >= 11 is 0. The standard InChI is InChI=1S/C9H6F6N2O2/c10-7(8(11,12)9(13,14)15)5-3-1-2-4-6(5)16-17(18)19/h1-4,7,16H. The Morgan fingerprint density at radius 2 is 1.68 bits per heavy atom. The molecule has 0 spiro atoms. The van der Waals surface area contributed by atoms with Gasteiger partial charge in [0.15, 0.2) is 11.2 Å². The van der Waals surface area contributed by atoms with E-state index in [4.69, 9.17) is 0 Å². The average Bonchev–Trinajstić information content (AvgIpc) is 2.26. The molecule has 0 aromatic heterocycles. The number of hydrazine groups is 1. The van der Waals surface area contributed by atoms with Crippen LogP contribution in [0.15, 0.2) is 24.3 Å². The molecule has 1 rings (SSSR count). The van der Waals surface area contributed by atoms with Gasteiger partial charge in [0.1, 0.15) is 5.69 Å². The van der Waals surface area contributed by atoms with Crippen LogP contribution in [0.25, 0.3) is 0 Å². The van der Waals surface area contributed by atoms with Crippen LogP contribution in [0.1, 0.15) is 11.7 Å². The number of para-hydroxylation sites is 1. The van der Waals surface area contributed by atoms with Gasteiger partial charge in [-0.15, -0.1) is 5.43 Å². The molecule has 1 atom stereocenters. The number of anilines is 1. The van der Waals surface area contributed by atoms with Crippen LogP contribution in [0.4, 0.5) is 32.0 Å². The smallest absolute Gasteiger partial charge is 0.235 e. The van der Waals surface area contributed by atoms with Crippen molar-refractivity contribution in [2.75, 3.05) is 5.43 Å². The zero-order chi connectivity index (χ0) is 14.8. The first-order chi connectivity index (χ1) is 8.57. The Bertz CT molecular complexity index is 476. The van der Waals surface area contributed by atoms with E-state index in [1.54, 1.807) is 0 Å². The Balaban J connectivity index is 3.19. The van der Waals surface area contributed by atoms with Crippen molar-refractivity contribution < 1.29 is 31.4 Å². The number of hydrogen-bond acceptors (Lipinski definition) is 2. The van der Waals surface area contributed by atoms with Crippen LogP contribution in [0.5, 0.6) is 0 Å². The van der Waals surface area contributed by atoms with Crippen molar-refractivity contribution in [2.24, 2.45) is 0 Å². The first-order valence-corrected chi connectivity index (χ1v) is 4.66. The number of hydrogen-bond donors (Lipinski definition) is 1. The molecule has 0 aliphatic heterocycles. The van der Waals surface area contributed by atoms with E-state index < -0.39 is 34.6 Å². The van der Waals surface area contributed by atoms with Crippen molar-refractivity contribution in [1.82, 2.24) is 0 Å². The van der Waals surface area contributed by atoms with E-state index in [-0.39, 0.29) is 0 Å². The summed E-state index contributed by atoms with van der Waals surface area (Å²) in [6, 6.07) is 3.53. The lowest BCUT2D eigenvalue weighted by molar-refractivity contribution is -0.445. The molecule has 0 amide bonds. The van der Waals surface area contributed by atoms with Gasteiger partial charge in [0.25, 0.3) is 0 Å². The monoisotopic (exact) mass is 288 g/mol. The van der Waals surface area contributed by atoms with Gasteiger partial charge >= 0.3 is 12.1 Å². The summed E-state index contributed by atoms with van der Waals surface area (Å²) in [5.74, 6) is -5.65. The van der Waals surface area contributed by atoms with E-state index >= 15 is 0 Å². The molecule has 10 heteroatoms. The van der Waals surface area contributed by atoms with Gasteiger partial charge in [0, 0.05) is 5.56 Å². The zero-order valence-electron chi connectivity index (χ0n) is 8.92. The summed E-state index contributed by atoms with van der Waals surface area (Å²) < 4.78 is 75.1. The maximum Gasteiger partial charge on any atom is 0.456 e. The van der Waals surface area contributed by atoms with Crippen LogP contribution in [0.3, 0.4) is 0 Å². The Labute approximate surface area is 102 Å². The molecule has 0 fully saturated rings. The topological polar surface area (TPSA) is 55.2 Å². The zero-order valence-corrected chi connectivity index (χ0v) is 8.92. The summed E-state index contributed by atoms with van der Waals surface area (Å²) in [6.45, 7) is 0. The predicted octanol–water partition coefficient (Wildman–Crippen LogP) is 3.50. The van der Waals surface area contributed by atoms with Crippen LogP contribution < -0.4 is 5.43 Å². The largest absolute Gasteiger partial charge is 0.456 e. The fourth-order valence-corrected chi connectivity index (χ4v) is 1.26. The van der Waals surface area contributed by atoms with Crippen LogP contribution in [0, 0.1) is 10.1 Å². The fourth-order valence-electron chi connectivity index (χ4n) is 1.26. The lowest BCUT2D eigenvalue weighted by Crippen LogP contribution is -2.40. The molecule has 0 heterocycles. The maximum atomic E-state index is 13.4. The minimum absolute atomic E-state index is 0.607. The normalized spacial score (nSPS) is 14.0. The quantitative estimate of drug-likeness (QED) is 0.524. The third-order valence-electron chi connectivity index (χ3n) is 2.14. The highest BCUT2D eigenvalue weighted by Gasteiger charge is 2.64. The molecule has 0 aliphatic rings. The second-order valence-corrected chi connectivity index (χ2v) is 3.44. The molecule has 0 radical (unpaired) electrons. The van der Waals surface area contributed by atoms with Crippen molar-refractivity contribution >= 4 is 5.69 Å². The number of nitro groups is 1. The van der Waals surface area contributed by atoms with Crippen LogP contribution in [-0.4, -0.2) is 17.1 Å². The van der Waals surface area contributed by atoms with Crippen molar-refractivity contribution in [3.8, 4) is 0 Å². The number of alkyl halides is 6. The first kappa shape index (κ1) is 15.1. The van der Waals surface area contributed by atoms with Gasteiger partial charge in [-0.25, -0.2) is 14.5 Å². The highest BCUT2D eigenvalue weighted by Crippen LogP contribution is 2.47. The highest BCUT2D eigenvalue weighted by atomic mass is 19.4. The lowest BCUT2D eigenvalue weighted by atomic mass is 10.0. The van der Waals surface area contributed by atoms with Gasteiger partial charge in [0.05, 0.1) is 0 Å². The lowest BCUT2D eigenvalue weighted by Gasteiger charge is -2.24. The van der Waals surface area contributed by atoms with Gasteiger partial charge in [-0.1, -0.05) is 18.2 Å². The predicted molar refractivity (Wildman–Crippen MR) is 51.9 cm³/mol. The van der Waals surface area contributed by atoms with E-state index in [1.165, 1.54) is 5.43 Å². The number of rotatable bonds is 4. The molecule has 1 aromatic carbocycles. The summed E-state index contributed by atoms with van der Waals surface area (Å²) in [5, 5.41) is 8.96. The van der Waals surface area contributed by atoms with Gasteiger partial charge < -0.3 is 0 Å². The molecule has 1 N–H and O–H groups in total. The molecular weight excluding hydrogens is 282 g/mol. The van der Waals surface area contributed by atoms with Crippen molar-refractivity contribution in [1.29, 1.82) is 0 Å². The average molecular weight is 288 g/mol. The van der Waals surface area contributed by atoms with E-state index in [9.17, 15) is 36.5 Å². The first-order valence-electron chi connectivity index (χ1n) is 4.66. The molecule has 0 saturated heterocycles. The Morgan fingerprint density at radius 1 is 1.16 bits per heavy atom. The van der Waals surface area contributed by atoms with Crippen molar-refractivity contribution in [2.45, 2.75) is 18.3 Å². The van der Waals surface area contributed by atoms with E-state index in [1.807, 2.05) is 0 Å². The molecule has 1 unspecified atom stereocenters. The Kier molecular flexibility index (Phi) is 3.91. The molecule has 19 heavy (non-hydrogen) atoms. The summed E-state index contributed by atoms with van der Waals surface area (Å²) in [5.41, 5.74) is -0.566. The minimum atomic E-state index is -6.10. The number of benzene rings is 1. The van der Waals surface area contributed by atoms with Crippen LogP contribution >= 0.6 is 0 Å². The molecule has 4 nitrogen and oxygen atoms in total. The van der Waals surface area contributed by atoms with E-state index in [0.29, 0.717) is 6.07 Å². The number of nitrogens with zero attached hydrogens (tertiary/aromatic N) is 1. The van der Waals surface area contributed by atoms with E-state index in [0.717, 1.165) is 18.2 Å². The molecule has 1 aromatic rings. The highest BCUT2D eigenvalue weighted by molar-refractivity contribution is 5.51. The summed E-state index contributed by atoms with van der Waals surface area (Å²) in [7, 11) is 0. The van der Waals surface area contributed by atoms with Gasteiger partial charge in [-0.3, -0.25) is 0 Å². The number of nitrogens with one attached hydrogen (secondary N) is 1. The molecule has 0 bridgehead atoms. The second kappa shape index (κ2) is 4.94. The molecule has 0 saturated carbocycles. The van der Waals surface area contributed by atoms with Crippen LogP contribution in [-0.2, 0) is 0 Å². The Morgan fingerprint density at radius 3 is 2.16 bits per heavy atom. The summed E-state index contributed by atoms with van der Waals surface area (Å²) in [6.07, 6.45) is -9.86. The number of halogens is 6. The van der Waals surface area contributed by atoms with Crippen molar-refractivity contribution in [3.05, 3.63) is 39.9 Å². The maximum absolute atomic E-state index is 13.4.